The highest BCUT2D eigenvalue weighted by atomic mass is 16.5. The molecule has 0 saturated heterocycles. The summed E-state index contributed by atoms with van der Waals surface area (Å²) >= 11 is 0. The Morgan fingerprint density at radius 3 is 1.03 bits per heavy atom. The molecule has 0 atom stereocenters. The number of rotatable bonds is 10. The van der Waals surface area contributed by atoms with Gasteiger partial charge in [0.15, 0.2) is 0 Å². The second kappa shape index (κ2) is 11.0. The van der Waals surface area contributed by atoms with E-state index in [4.69, 9.17) is 4.74 Å². The van der Waals surface area contributed by atoms with Crippen molar-refractivity contribution >= 4 is 0 Å². The van der Waals surface area contributed by atoms with Gasteiger partial charge in [-0.3, -0.25) is 0 Å². The molecular formula is C28H42O3. The largest absolute Gasteiger partial charge is 0.507 e. The number of hydrogen-bond acceptors (Lipinski definition) is 3. The quantitative estimate of drug-likeness (QED) is 0.389. The van der Waals surface area contributed by atoms with Crippen molar-refractivity contribution in [1.29, 1.82) is 0 Å². The fourth-order valence-corrected chi connectivity index (χ4v) is 4.02. The van der Waals surface area contributed by atoms with E-state index >= 15 is 0 Å². The molecular weight excluding hydrogens is 384 g/mol. The highest BCUT2D eigenvalue weighted by Gasteiger charge is 2.16. The Kier molecular flexibility index (Phi) is 9.00. The number of ether oxygens (including phenoxy) is 1. The van der Waals surface area contributed by atoms with E-state index in [1.165, 1.54) is 11.1 Å². The molecule has 0 fully saturated rings. The normalized spacial score (nSPS) is 12.0. The molecule has 0 saturated carbocycles. The van der Waals surface area contributed by atoms with Gasteiger partial charge in [0.25, 0.3) is 0 Å². The Balaban J connectivity index is 2.01. The standard InChI is InChI=1S/C28H42O3/c1-17(2)23-13-21(14-24(18(3)4)27(23)29)9-11-31-12-10-22-15-25(19(5)6)28(30)26(16-22)20(7)8/h13-20,29-30H,9-12H2,1-8H3. The summed E-state index contributed by atoms with van der Waals surface area (Å²) in [5.74, 6) is 2.06. The van der Waals surface area contributed by atoms with E-state index in [0.29, 0.717) is 24.7 Å². The van der Waals surface area contributed by atoms with Gasteiger partial charge >= 0.3 is 0 Å². The number of phenolic OH excluding ortho intramolecular Hbond substituents is 2. The third-order valence-corrected chi connectivity index (χ3v) is 6.02. The molecule has 172 valence electrons. The van der Waals surface area contributed by atoms with Crippen molar-refractivity contribution in [2.24, 2.45) is 0 Å². The molecule has 0 aliphatic heterocycles. The molecule has 0 radical (unpaired) electrons. The van der Waals surface area contributed by atoms with Crippen LogP contribution in [0.25, 0.3) is 0 Å². The number of benzene rings is 2. The van der Waals surface area contributed by atoms with Crippen molar-refractivity contribution in [3.63, 3.8) is 0 Å². The van der Waals surface area contributed by atoms with E-state index in [9.17, 15) is 10.2 Å². The van der Waals surface area contributed by atoms with Gasteiger partial charge in [0.2, 0.25) is 0 Å². The highest BCUT2D eigenvalue weighted by molar-refractivity contribution is 5.47. The summed E-state index contributed by atoms with van der Waals surface area (Å²) in [6, 6.07) is 8.50. The SMILES string of the molecule is CC(C)c1cc(CCOCCc2cc(C(C)C)c(O)c(C(C)C)c2)cc(C(C)C)c1O. The van der Waals surface area contributed by atoms with Crippen LogP contribution >= 0.6 is 0 Å². The van der Waals surface area contributed by atoms with Crippen molar-refractivity contribution < 1.29 is 14.9 Å². The van der Waals surface area contributed by atoms with Gasteiger partial charge in [-0.05, 0) is 69.9 Å². The third-order valence-electron chi connectivity index (χ3n) is 6.02. The van der Waals surface area contributed by atoms with Gasteiger partial charge in [0.05, 0.1) is 13.2 Å². The summed E-state index contributed by atoms with van der Waals surface area (Å²) in [6.07, 6.45) is 1.67. The van der Waals surface area contributed by atoms with Crippen LogP contribution in [0.5, 0.6) is 11.5 Å². The summed E-state index contributed by atoms with van der Waals surface area (Å²) in [6.45, 7) is 18.3. The smallest absolute Gasteiger partial charge is 0.122 e. The Morgan fingerprint density at radius 2 is 0.806 bits per heavy atom. The molecule has 0 aliphatic rings. The topological polar surface area (TPSA) is 49.7 Å². The van der Waals surface area contributed by atoms with Crippen molar-refractivity contribution in [3.05, 3.63) is 57.6 Å². The van der Waals surface area contributed by atoms with Gasteiger partial charge in [-0.25, -0.2) is 0 Å². The lowest BCUT2D eigenvalue weighted by molar-refractivity contribution is 0.140. The minimum Gasteiger partial charge on any atom is -0.507 e. The number of hydrogen-bond donors (Lipinski definition) is 2. The summed E-state index contributed by atoms with van der Waals surface area (Å²) in [5, 5.41) is 21.2. The molecule has 0 amide bonds. The second-order valence-corrected chi connectivity index (χ2v) is 9.98. The zero-order valence-corrected chi connectivity index (χ0v) is 20.7. The Hall–Kier alpha value is -2.00. The fraction of sp³-hybridized carbons (Fsp3) is 0.571. The molecule has 0 aromatic heterocycles. The predicted molar refractivity (Wildman–Crippen MR) is 131 cm³/mol. The maximum atomic E-state index is 10.6. The lowest BCUT2D eigenvalue weighted by Crippen LogP contribution is -2.06. The van der Waals surface area contributed by atoms with Gasteiger partial charge < -0.3 is 14.9 Å². The molecule has 2 aromatic carbocycles. The van der Waals surface area contributed by atoms with E-state index < -0.39 is 0 Å². The molecule has 2 aromatic rings. The Morgan fingerprint density at radius 1 is 0.548 bits per heavy atom. The molecule has 0 heterocycles. The summed E-state index contributed by atoms with van der Waals surface area (Å²) in [5.41, 5.74) is 6.53. The van der Waals surface area contributed by atoms with Crippen LogP contribution in [-0.2, 0) is 17.6 Å². The first-order valence-corrected chi connectivity index (χ1v) is 11.8. The molecule has 0 aliphatic carbocycles. The Labute approximate surface area is 189 Å². The predicted octanol–water partition coefficient (Wildman–Crippen LogP) is 7.39. The molecule has 3 heteroatoms. The van der Waals surface area contributed by atoms with E-state index in [1.807, 2.05) is 0 Å². The minimum atomic E-state index is 0.290. The first-order chi connectivity index (χ1) is 14.5. The second-order valence-electron chi connectivity index (χ2n) is 9.98. The van der Waals surface area contributed by atoms with Crippen LogP contribution in [0.2, 0.25) is 0 Å². The maximum absolute atomic E-state index is 10.6. The molecule has 0 spiro atoms. The van der Waals surface area contributed by atoms with E-state index in [-0.39, 0.29) is 23.7 Å². The molecule has 2 N–H and O–H groups in total. The van der Waals surface area contributed by atoms with Gasteiger partial charge in [-0.1, -0.05) is 79.7 Å². The number of aromatic hydroxyl groups is 2. The van der Waals surface area contributed by atoms with Crippen molar-refractivity contribution in [1.82, 2.24) is 0 Å². The number of phenols is 2. The van der Waals surface area contributed by atoms with Crippen molar-refractivity contribution in [2.45, 2.75) is 91.9 Å². The van der Waals surface area contributed by atoms with Crippen LogP contribution in [0.4, 0.5) is 0 Å². The van der Waals surface area contributed by atoms with Gasteiger partial charge in [0, 0.05) is 0 Å². The van der Waals surface area contributed by atoms with Gasteiger partial charge in [-0.15, -0.1) is 0 Å². The maximum Gasteiger partial charge on any atom is 0.122 e. The lowest BCUT2D eigenvalue weighted by atomic mass is 9.90. The molecule has 3 nitrogen and oxygen atoms in total. The fourth-order valence-electron chi connectivity index (χ4n) is 4.02. The lowest BCUT2D eigenvalue weighted by Gasteiger charge is -2.18. The van der Waals surface area contributed by atoms with Gasteiger partial charge in [-0.2, -0.15) is 0 Å². The highest BCUT2D eigenvalue weighted by Crippen LogP contribution is 2.36. The van der Waals surface area contributed by atoms with Crippen LogP contribution in [0, 0.1) is 0 Å². The molecule has 0 bridgehead atoms. The summed E-state index contributed by atoms with van der Waals surface area (Å²) in [7, 11) is 0. The van der Waals surface area contributed by atoms with Crippen LogP contribution in [0.1, 0.15) is 112 Å². The van der Waals surface area contributed by atoms with E-state index in [1.54, 1.807) is 0 Å². The minimum absolute atomic E-state index is 0.290. The molecule has 0 unspecified atom stereocenters. The first kappa shape index (κ1) is 25.3. The summed E-state index contributed by atoms with van der Waals surface area (Å²) < 4.78 is 5.98. The molecule has 2 rings (SSSR count). The first-order valence-electron chi connectivity index (χ1n) is 11.8. The van der Waals surface area contributed by atoms with Crippen molar-refractivity contribution in [2.75, 3.05) is 13.2 Å². The monoisotopic (exact) mass is 426 g/mol. The van der Waals surface area contributed by atoms with Crippen LogP contribution in [0.15, 0.2) is 24.3 Å². The van der Waals surface area contributed by atoms with Crippen LogP contribution < -0.4 is 0 Å². The van der Waals surface area contributed by atoms with Crippen LogP contribution in [0.3, 0.4) is 0 Å². The van der Waals surface area contributed by atoms with Gasteiger partial charge in [0.1, 0.15) is 11.5 Å². The molecule has 31 heavy (non-hydrogen) atoms. The Bertz CT molecular complexity index is 733. The summed E-state index contributed by atoms with van der Waals surface area (Å²) in [4.78, 5) is 0. The van der Waals surface area contributed by atoms with Crippen LogP contribution in [-0.4, -0.2) is 23.4 Å². The van der Waals surface area contributed by atoms with Crippen molar-refractivity contribution in [3.8, 4) is 11.5 Å². The van der Waals surface area contributed by atoms with E-state index in [2.05, 4.69) is 79.7 Å². The zero-order valence-electron chi connectivity index (χ0n) is 20.7. The average Bonchev–Trinajstić information content (AvgIpc) is 2.68. The zero-order chi connectivity index (χ0) is 23.3. The third kappa shape index (κ3) is 6.49. The van der Waals surface area contributed by atoms with E-state index in [0.717, 1.165) is 35.1 Å². The average molecular weight is 427 g/mol.